The number of methoxy groups -OCH3 is 1. The molecule has 4 unspecified atom stereocenters. The third-order valence-electron chi connectivity index (χ3n) is 6.34. The van der Waals surface area contributed by atoms with Gasteiger partial charge in [0, 0.05) is 0 Å². The Morgan fingerprint density at radius 3 is 2.50 bits per heavy atom. The minimum Gasteiger partial charge on any atom is -0.493 e. The molecule has 0 saturated heterocycles. The van der Waals surface area contributed by atoms with Gasteiger partial charge in [0.2, 0.25) is 5.78 Å². The summed E-state index contributed by atoms with van der Waals surface area (Å²) in [6.45, 7) is 6.29. The van der Waals surface area contributed by atoms with E-state index in [-0.39, 0.29) is 22.4 Å². The number of hydrogen-bond acceptors (Lipinski definition) is 3. The van der Waals surface area contributed by atoms with Gasteiger partial charge in [-0.25, -0.2) is 0 Å². The molecular formula is C15H20O3. The lowest BCUT2D eigenvalue weighted by Gasteiger charge is -2.42. The highest BCUT2D eigenvalue weighted by Crippen LogP contribution is 2.73. The van der Waals surface area contributed by atoms with Gasteiger partial charge in [0.15, 0.2) is 11.5 Å². The quantitative estimate of drug-likeness (QED) is 0.670. The number of hydrogen-bond donors (Lipinski definition) is 0. The Hall–Kier alpha value is -1.12. The van der Waals surface area contributed by atoms with Crippen molar-refractivity contribution in [2.75, 3.05) is 7.11 Å². The van der Waals surface area contributed by atoms with Gasteiger partial charge in [-0.3, -0.25) is 9.59 Å². The number of fused-ring (bicyclic) bond motifs is 5. The summed E-state index contributed by atoms with van der Waals surface area (Å²) in [6, 6.07) is 0. The van der Waals surface area contributed by atoms with Crippen LogP contribution in [-0.4, -0.2) is 18.7 Å². The van der Waals surface area contributed by atoms with Crippen LogP contribution < -0.4 is 0 Å². The zero-order valence-corrected chi connectivity index (χ0v) is 11.5. The van der Waals surface area contributed by atoms with Crippen molar-refractivity contribution in [1.29, 1.82) is 0 Å². The highest BCUT2D eigenvalue weighted by molar-refractivity contribution is 6.17. The summed E-state index contributed by atoms with van der Waals surface area (Å²) in [6.07, 6.45) is 4.88. The third-order valence-corrected chi connectivity index (χ3v) is 6.34. The number of carbonyl (C=O) groups excluding carboxylic acids is 2. The molecule has 4 atom stereocenters. The van der Waals surface area contributed by atoms with E-state index in [0.717, 1.165) is 19.3 Å². The molecule has 0 aromatic carbocycles. The van der Waals surface area contributed by atoms with Gasteiger partial charge in [-0.05, 0) is 36.7 Å². The molecule has 0 aromatic rings. The smallest absolute Gasteiger partial charge is 0.208 e. The molecule has 0 radical (unpaired) electrons. The van der Waals surface area contributed by atoms with Crippen LogP contribution in [0.15, 0.2) is 11.8 Å². The van der Waals surface area contributed by atoms with Crippen LogP contribution in [0, 0.1) is 22.2 Å². The number of ether oxygens (including phenoxy) is 1. The Labute approximate surface area is 108 Å². The van der Waals surface area contributed by atoms with Crippen LogP contribution in [0.5, 0.6) is 0 Å². The summed E-state index contributed by atoms with van der Waals surface area (Å²) >= 11 is 0. The van der Waals surface area contributed by atoms with Crippen molar-refractivity contribution in [3.8, 4) is 0 Å². The molecule has 2 fully saturated rings. The standard InChI is InChI=1S/C15H20O3/c1-13-6-5-7-15(13,3)14(2)8-9(18-4)11(16)10(13)12(14)17/h8,10H,5-7H2,1-4H3. The normalized spacial score (nSPS) is 50.2. The fraction of sp³-hybridized carbons (Fsp3) is 0.733. The van der Waals surface area contributed by atoms with Crippen molar-refractivity contribution in [3.05, 3.63) is 11.8 Å². The van der Waals surface area contributed by atoms with Crippen LogP contribution in [-0.2, 0) is 14.3 Å². The van der Waals surface area contributed by atoms with Crippen molar-refractivity contribution in [3.63, 3.8) is 0 Å². The lowest BCUT2D eigenvalue weighted by atomic mass is 9.60. The van der Waals surface area contributed by atoms with Crippen LogP contribution in [0.4, 0.5) is 0 Å². The second-order valence-electron chi connectivity index (χ2n) is 6.68. The maximum atomic E-state index is 12.7. The Bertz CT molecular complexity index is 492. The summed E-state index contributed by atoms with van der Waals surface area (Å²) in [5.74, 6) is -0.0972. The summed E-state index contributed by atoms with van der Waals surface area (Å²) < 4.78 is 5.21. The molecule has 18 heavy (non-hydrogen) atoms. The number of ketones is 2. The second-order valence-corrected chi connectivity index (χ2v) is 6.68. The van der Waals surface area contributed by atoms with Crippen molar-refractivity contribution < 1.29 is 14.3 Å². The van der Waals surface area contributed by atoms with Crippen LogP contribution in [0.25, 0.3) is 0 Å². The van der Waals surface area contributed by atoms with Gasteiger partial charge in [0.1, 0.15) is 0 Å². The molecule has 3 aliphatic carbocycles. The first-order valence-electron chi connectivity index (χ1n) is 6.67. The maximum Gasteiger partial charge on any atom is 0.208 e. The predicted molar refractivity (Wildman–Crippen MR) is 66.8 cm³/mol. The average molecular weight is 248 g/mol. The van der Waals surface area contributed by atoms with Crippen molar-refractivity contribution in [2.24, 2.45) is 22.2 Å². The molecule has 0 amide bonds. The van der Waals surface area contributed by atoms with Gasteiger partial charge in [-0.2, -0.15) is 0 Å². The number of rotatable bonds is 1. The zero-order valence-electron chi connectivity index (χ0n) is 11.5. The van der Waals surface area contributed by atoms with Gasteiger partial charge in [-0.15, -0.1) is 0 Å². The Morgan fingerprint density at radius 1 is 1.22 bits per heavy atom. The van der Waals surface area contributed by atoms with Crippen LogP contribution >= 0.6 is 0 Å². The molecule has 0 spiro atoms. The SMILES string of the molecule is COC1=CC2(C)C(=O)C(C1=O)C1(C)CCCC21C. The molecule has 0 aromatic heterocycles. The first kappa shape index (κ1) is 11.9. The minimum atomic E-state index is -0.540. The van der Waals surface area contributed by atoms with Gasteiger partial charge in [-0.1, -0.05) is 20.3 Å². The van der Waals surface area contributed by atoms with E-state index in [2.05, 4.69) is 13.8 Å². The van der Waals surface area contributed by atoms with E-state index in [4.69, 9.17) is 4.74 Å². The highest BCUT2D eigenvalue weighted by Gasteiger charge is 2.74. The molecule has 0 N–H and O–H groups in total. The van der Waals surface area contributed by atoms with Gasteiger partial charge in [0.05, 0.1) is 18.4 Å². The van der Waals surface area contributed by atoms with Crippen LogP contribution in [0.3, 0.4) is 0 Å². The first-order valence-corrected chi connectivity index (χ1v) is 6.67. The Kier molecular flexibility index (Phi) is 2.03. The van der Waals surface area contributed by atoms with E-state index in [1.807, 2.05) is 6.92 Å². The van der Waals surface area contributed by atoms with E-state index >= 15 is 0 Å². The average Bonchev–Trinajstić information content (AvgIpc) is 2.66. The minimum absolute atomic E-state index is 0.104. The number of carbonyl (C=O) groups is 2. The predicted octanol–water partition coefficient (Wildman–Crippen LogP) is 2.50. The van der Waals surface area contributed by atoms with Crippen molar-refractivity contribution in [1.82, 2.24) is 0 Å². The van der Waals surface area contributed by atoms with Crippen LogP contribution in [0.1, 0.15) is 40.0 Å². The lowest BCUT2D eigenvalue weighted by Crippen LogP contribution is -2.40. The van der Waals surface area contributed by atoms with Crippen molar-refractivity contribution >= 4 is 11.6 Å². The van der Waals surface area contributed by atoms with Gasteiger partial charge < -0.3 is 4.74 Å². The molecule has 3 heteroatoms. The molecular weight excluding hydrogens is 228 g/mol. The lowest BCUT2D eigenvalue weighted by molar-refractivity contribution is -0.137. The molecule has 2 bridgehead atoms. The molecule has 3 nitrogen and oxygen atoms in total. The number of allylic oxidation sites excluding steroid dienone is 2. The van der Waals surface area contributed by atoms with Gasteiger partial charge >= 0.3 is 0 Å². The van der Waals surface area contributed by atoms with E-state index < -0.39 is 11.3 Å². The monoisotopic (exact) mass is 248 g/mol. The van der Waals surface area contributed by atoms with E-state index in [0.29, 0.717) is 5.76 Å². The second kappa shape index (κ2) is 3.06. The maximum absolute atomic E-state index is 12.7. The van der Waals surface area contributed by atoms with Crippen LogP contribution in [0.2, 0.25) is 0 Å². The largest absolute Gasteiger partial charge is 0.493 e. The van der Waals surface area contributed by atoms with E-state index in [1.165, 1.54) is 7.11 Å². The molecule has 2 saturated carbocycles. The van der Waals surface area contributed by atoms with E-state index in [1.54, 1.807) is 6.08 Å². The fourth-order valence-corrected chi connectivity index (χ4v) is 4.82. The molecule has 98 valence electrons. The topological polar surface area (TPSA) is 43.4 Å². The summed E-state index contributed by atoms with van der Waals surface area (Å²) in [4.78, 5) is 25.1. The van der Waals surface area contributed by atoms with Gasteiger partial charge in [0.25, 0.3) is 0 Å². The highest BCUT2D eigenvalue weighted by atomic mass is 16.5. The molecule has 0 heterocycles. The Balaban J connectivity index is 2.29. The first-order chi connectivity index (χ1) is 8.32. The fourth-order valence-electron chi connectivity index (χ4n) is 4.82. The molecule has 0 aliphatic heterocycles. The number of Topliss-reactive ketones (excluding diaryl/α,β-unsaturated/α-hetero) is 2. The summed E-state index contributed by atoms with van der Waals surface area (Å²) in [5, 5.41) is 0. The molecule has 3 rings (SSSR count). The molecule has 3 aliphatic rings. The Morgan fingerprint density at radius 2 is 1.89 bits per heavy atom. The van der Waals surface area contributed by atoms with E-state index in [9.17, 15) is 9.59 Å². The third kappa shape index (κ3) is 0.918. The zero-order chi connectivity index (χ0) is 13.3. The summed E-state index contributed by atoms with van der Waals surface area (Å²) in [5.41, 5.74) is -0.855. The van der Waals surface area contributed by atoms with Crippen molar-refractivity contribution in [2.45, 2.75) is 40.0 Å². The summed E-state index contributed by atoms with van der Waals surface area (Å²) in [7, 11) is 1.52.